The van der Waals surface area contributed by atoms with Crippen LogP contribution in [0.4, 0.5) is 4.39 Å². The van der Waals surface area contributed by atoms with E-state index in [0.29, 0.717) is 6.54 Å². The topological polar surface area (TPSA) is 25.9 Å². The van der Waals surface area contributed by atoms with Crippen molar-refractivity contribution < 1.29 is 13.8 Å². The normalized spacial score (nSPS) is 10.9. The first kappa shape index (κ1) is 18.1. The molecule has 0 spiro atoms. The van der Waals surface area contributed by atoms with Crippen LogP contribution in [0.3, 0.4) is 0 Å². The van der Waals surface area contributed by atoms with E-state index < -0.39 is 0 Å². The molecule has 2 heterocycles. The van der Waals surface area contributed by atoms with E-state index in [1.807, 2.05) is 67.9 Å². The molecule has 0 aliphatic heterocycles. The van der Waals surface area contributed by atoms with Gasteiger partial charge in [0.1, 0.15) is 5.82 Å². The van der Waals surface area contributed by atoms with Crippen molar-refractivity contribution in [1.82, 2.24) is 4.57 Å². The standard InChI is InChI=1S/C22H24FN2O/c1-16-6-4-5-12-24(16)15-22(26)21-14-17(2)25(18(21)3)13-11-19-7-9-20(23)10-8-19/h4-10,12,14H,11,13,15H2,1-3H3/q+1. The second-order valence-corrected chi connectivity index (χ2v) is 6.71. The largest absolute Gasteiger partial charge is 0.348 e. The van der Waals surface area contributed by atoms with Gasteiger partial charge >= 0.3 is 0 Å². The lowest BCUT2D eigenvalue weighted by Crippen LogP contribution is -2.40. The van der Waals surface area contributed by atoms with Crippen molar-refractivity contribution in [2.24, 2.45) is 0 Å². The van der Waals surface area contributed by atoms with Crippen molar-refractivity contribution in [3.05, 3.63) is 88.8 Å². The maximum absolute atomic E-state index is 13.0. The van der Waals surface area contributed by atoms with E-state index in [4.69, 9.17) is 0 Å². The molecule has 0 saturated carbocycles. The number of ketones is 1. The van der Waals surface area contributed by atoms with Gasteiger partial charge in [0.25, 0.3) is 0 Å². The quantitative estimate of drug-likeness (QED) is 0.487. The zero-order valence-corrected chi connectivity index (χ0v) is 15.5. The van der Waals surface area contributed by atoms with Crippen LogP contribution in [0.15, 0.2) is 54.7 Å². The molecule has 0 amide bonds. The third-order valence-electron chi connectivity index (χ3n) is 4.89. The van der Waals surface area contributed by atoms with E-state index >= 15 is 0 Å². The summed E-state index contributed by atoms with van der Waals surface area (Å²) >= 11 is 0. The summed E-state index contributed by atoms with van der Waals surface area (Å²) in [6.07, 6.45) is 2.73. The van der Waals surface area contributed by atoms with Gasteiger partial charge in [-0.05, 0) is 44.0 Å². The Morgan fingerprint density at radius 3 is 2.50 bits per heavy atom. The lowest BCUT2D eigenvalue weighted by molar-refractivity contribution is -0.689. The summed E-state index contributed by atoms with van der Waals surface area (Å²) in [4.78, 5) is 12.8. The van der Waals surface area contributed by atoms with Crippen molar-refractivity contribution in [1.29, 1.82) is 0 Å². The number of rotatable bonds is 6. The molecule has 0 aliphatic carbocycles. The number of benzene rings is 1. The number of carbonyl (C=O) groups is 1. The number of aryl methyl sites for hydroxylation is 3. The Balaban J connectivity index is 1.75. The van der Waals surface area contributed by atoms with Crippen LogP contribution in [0, 0.1) is 26.6 Å². The molecule has 4 heteroatoms. The molecule has 134 valence electrons. The van der Waals surface area contributed by atoms with Gasteiger partial charge in [0.15, 0.2) is 11.9 Å². The summed E-state index contributed by atoms with van der Waals surface area (Å²) in [5.41, 5.74) is 4.98. The predicted octanol–water partition coefficient (Wildman–Crippen LogP) is 3.97. The van der Waals surface area contributed by atoms with Crippen LogP contribution in [-0.4, -0.2) is 10.4 Å². The highest BCUT2D eigenvalue weighted by molar-refractivity contribution is 5.96. The summed E-state index contributed by atoms with van der Waals surface area (Å²) < 4.78 is 17.2. The zero-order valence-electron chi connectivity index (χ0n) is 15.5. The van der Waals surface area contributed by atoms with Gasteiger partial charge in [0, 0.05) is 42.6 Å². The molecule has 0 fully saturated rings. The highest BCUT2D eigenvalue weighted by Crippen LogP contribution is 2.17. The predicted molar refractivity (Wildman–Crippen MR) is 99.7 cm³/mol. The number of hydrogen-bond donors (Lipinski definition) is 0. The van der Waals surface area contributed by atoms with E-state index in [-0.39, 0.29) is 11.6 Å². The highest BCUT2D eigenvalue weighted by atomic mass is 19.1. The molecular formula is C22H24FN2O+. The maximum atomic E-state index is 13.0. The number of carbonyl (C=O) groups excluding carboxylic acids is 1. The van der Waals surface area contributed by atoms with E-state index in [0.717, 1.165) is 41.2 Å². The molecule has 0 bridgehead atoms. The lowest BCUT2D eigenvalue weighted by Gasteiger charge is -2.10. The Morgan fingerprint density at radius 1 is 1.08 bits per heavy atom. The fraction of sp³-hybridized carbons (Fsp3) is 0.273. The molecule has 3 nitrogen and oxygen atoms in total. The van der Waals surface area contributed by atoms with Gasteiger partial charge in [-0.3, -0.25) is 4.79 Å². The summed E-state index contributed by atoms with van der Waals surface area (Å²) in [5, 5.41) is 0. The Bertz CT molecular complexity index is 926. The Labute approximate surface area is 153 Å². The molecule has 0 saturated heterocycles. The van der Waals surface area contributed by atoms with Crippen molar-refractivity contribution in [3.8, 4) is 0 Å². The molecule has 0 aliphatic rings. The summed E-state index contributed by atoms with van der Waals surface area (Å²) in [5.74, 6) is -0.103. The molecule has 0 N–H and O–H groups in total. The van der Waals surface area contributed by atoms with E-state index in [2.05, 4.69) is 4.57 Å². The number of Topliss-reactive ketones (excluding diaryl/α,β-unsaturated/α-hetero) is 1. The Kier molecular flexibility index (Phi) is 5.31. The van der Waals surface area contributed by atoms with Crippen molar-refractivity contribution in [3.63, 3.8) is 0 Å². The SMILES string of the molecule is Cc1cc(C(=O)C[n+]2ccccc2C)c(C)n1CCc1ccc(F)cc1. The molecule has 2 aromatic heterocycles. The number of pyridine rings is 1. The van der Waals surface area contributed by atoms with Crippen molar-refractivity contribution in [2.75, 3.05) is 0 Å². The van der Waals surface area contributed by atoms with E-state index in [1.165, 1.54) is 12.1 Å². The molecule has 0 atom stereocenters. The molecule has 1 aromatic carbocycles. The molecule has 26 heavy (non-hydrogen) atoms. The fourth-order valence-corrected chi connectivity index (χ4v) is 3.30. The molecule has 0 radical (unpaired) electrons. The first-order valence-electron chi connectivity index (χ1n) is 8.85. The van der Waals surface area contributed by atoms with Gasteiger partial charge < -0.3 is 4.57 Å². The van der Waals surface area contributed by atoms with Crippen LogP contribution in [-0.2, 0) is 19.5 Å². The minimum Gasteiger partial charge on any atom is -0.348 e. The number of aromatic nitrogens is 2. The summed E-state index contributed by atoms with van der Waals surface area (Å²) in [6.45, 7) is 7.13. The van der Waals surface area contributed by atoms with E-state index in [1.54, 1.807) is 0 Å². The first-order chi connectivity index (χ1) is 12.5. The van der Waals surface area contributed by atoms with Gasteiger partial charge in [0.05, 0.1) is 0 Å². The van der Waals surface area contributed by atoms with Gasteiger partial charge in [-0.25, -0.2) is 4.39 Å². The minimum absolute atomic E-state index is 0.116. The van der Waals surface area contributed by atoms with Crippen LogP contribution in [0.25, 0.3) is 0 Å². The maximum Gasteiger partial charge on any atom is 0.229 e. The highest BCUT2D eigenvalue weighted by Gasteiger charge is 2.20. The lowest BCUT2D eigenvalue weighted by atomic mass is 10.1. The van der Waals surface area contributed by atoms with Gasteiger partial charge in [0.2, 0.25) is 12.3 Å². The van der Waals surface area contributed by atoms with Crippen LogP contribution >= 0.6 is 0 Å². The molecular weight excluding hydrogens is 327 g/mol. The van der Waals surface area contributed by atoms with Crippen LogP contribution in [0.1, 0.15) is 33.0 Å². The third kappa shape index (κ3) is 3.90. The van der Waals surface area contributed by atoms with Crippen molar-refractivity contribution in [2.45, 2.75) is 40.3 Å². The van der Waals surface area contributed by atoms with Gasteiger partial charge in [-0.15, -0.1) is 0 Å². The number of halogens is 1. The van der Waals surface area contributed by atoms with Crippen molar-refractivity contribution >= 4 is 5.78 Å². The van der Waals surface area contributed by atoms with Gasteiger partial charge in [-0.1, -0.05) is 18.2 Å². The van der Waals surface area contributed by atoms with Crippen LogP contribution in [0.2, 0.25) is 0 Å². The smallest absolute Gasteiger partial charge is 0.229 e. The molecule has 3 aromatic rings. The second-order valence-electron chi connectivity index (χ2n) is 6.71. The third-order valence-corrected chi connectivity index (χ3v) is 4.89. The Morgan fingerprint density at radius 2 is 1.81 bits per heavy atom. The summed E-state index contributed by atoms with van der Waals surface area (Å²) in [7, 11) is 0. The second kappa shape index (κ2) is 7.65. The minimum atomic E-state index is -0.219. The monoisotopic (exact) mass is 351 g/mol. The molecule has 0 unspecified atom stereocenters. The van der Waals surface area contributed by atoms with E-state index in [9.17, 15) is 9.18 Å². The zero-order chi connectivity index (χ0) is 18.7. The fourth-order valence-electron chi connectivity index (χ4n) is 3.30. The number of hydrogen-bond acceptors (Lipinski definition) is 1. The average Bonchev–Trinajstić information content (AvgIpc) is 2.91. The first-order valence-corrected chi connectivity index (χ1v) is 8.85. The van der Waals surface area contributed by atoms with Gasteiger partial charge in [-0.2, -0.15) is 4.57 Å². The average molecular weight is 351 g/mol. The van der Waals surface area contributed by atoms with Crippen LogP contribution in [0.5, 0.6) is 0 Å². The number of nitrogens with zero attached hydrogens (tertiary/aromatic N) is 2. The van der Waals surface area contributed by atoms with Crippen LogP contribution < -0.4 is 4.57 Å². The molecule has 3 rings (SSSR count). The Hall–Kier alpha value is -2.75. The summed E-state index contributed by atoms with van der Waals surface area (Å²) in [6, 6.07) is 14.5.